The number of hydrogen-bond donors (Lipinski definition) is 1. The lowest BCUT2D eigenvalue weighted by Gasteiger charge is -2.12. The lowest BCUT2D eigenvalue weighted by molar-refractivity contribution is 0.478. The van der Waals surface area contributed by atoms with E-state index in [-0.39, 0.29) is 0 Å². The van der Waals surface area contributed by atoms with Crippen LogP contribution >= 0.6 is 31.9 Å². The average Bonchev–Trinajstić information content (AvgIpc) is 2.39. The van der Waals surface area contributed by atoms with Crippen molar-refractivity contribution in [1.82, 2.24) is 0 Å². The van der Waals surface area contributed by atoms with Crippen LogP contribution in [0.3, 0.4) is 0 Å². The van der Waals surface area contributed by atoms with Crippen molar-refractivity contribution in [2.24, 2.45) is 5.73 Å². The van der Waals surface area contributed by atoms with Crippen molar-refractivity contribution in [2.75, 3.05) is 6.54 Å². The standard InChI is InChI=1S/C16H17Br2NO/c1-10-7-13(8-11(2)16(10)18)20-15-4-3-12(5-6-19)9-14(15)17/h3-4,7-9H,5-6,19H2,1-2H3. The zero-order valence-corrected chi connectivity index (χ0v) is 14.7. The van der Waals surface area contributed by atoms with Crippen LogP contribution in [0.1, 0.15) is 16.7 Å². The molecule has 0 amide bonds. The lowest BCUT2D eigenvalue weighted by atomic mass is 10.1. The van der Waals surface area contributed by atoms with E-state index in [1.165, 1.54) is 5.56 Å². The Balaban J connectivity index is 2.26. The first kappa shape index (κ1) is 15.5. The highest BCUT2D eigenvalue weighted by Gasteiger charge is 2.07. The van der Waals surface area contributed by atoms with Crippen LogP contribution < -0.4 is 10.5 Å². The van der Waals surface area contributed by atoms with E-state index in [0.29, 0.717) is 6.54 Å². The number of aryl methyl sites for hydroxylation is 2. The van der Waals surface area contributed by atoms with E-state index in [2.05, 4.69) is 51.8 Å². The Bertz CT molecular complexity index is 603. The highest BCUT2D eigenvalue weighted by Crippen LogP contribution is 2.33. The molecule has 0 atom stereocenters. The molecule has 0 unspecified atom stereocenters. The van der Waals surface area contributed by atoms with Crippen LogP contribution in [0.15, 0.2) is 39.3 Å². The van der Waals surface area contributed by atoms with E-state index in [0.717, 1.165) is 38.0 Å². The van der Waals surface area contributed by atoms with E-state index < -0.39 is 0 Å². The molecule has 2 N–H and O–H groups in total. The van der Waals surface area contributed by atoms with Crippen molar-refractivity contribution in [3.8, 4) is 11.5 Å². The van der Waals surface area contributed by atoms with Crippen LogP contribution in [0.4, 0.5) is 0 Å². The third-order valence-corrected chi connectivity index (χ3v) is 4.94. The van der Waals surface area contributed by atoms with E-state index in [4.69, 9.17) is 10.5 Å². The van der Waals surface area contributed by atoms with Gasteiger partial charge in [-0.3, -0.25) is 0 Å². The molecule has 0 bridgehead atoms. The molecule has 2 nitrogen and oxygen atoms in total. The smallest absolute Gasteiger partial charge is 0.141 e. The normalized spacial score (nSPS) is 10.7. The summed E-state index contributed by atoms with van der Waals surface area (Å²) < 4.78 is 8.03. The molecule has 0 aliphatic carbocycles. The highest BCUT2D eigenvalue weighted by molar-refractivity contribution is 9.10. The van der Waals surface area contributed by atoms with Crippen LogP contribution in [0.2, 0.25) is 0 Å². The quantitative estimate of drug-likeness (QED) is 0.775. The third kappa shape index (κ3) is 3.62. The molecular weight excluding hydrogens is 382 g/mol. The Hall–Kier alpha value is -0.840. The van der Waals surface area contributed by atoms with E-state index >= 15 is 0 Å². The summed E-state index contributed by atoms with van der Waals surface area (Å²) in [7, 11) is 0. The van der Waals surface area contributed by atoms with Crippen molar-refractivity contribution in [3.05, 3.63) is 56.0 Å². The Labute approximate surface area is 136 Å². The van der Waals surface area contributed by atoms with Crippen LogP contribution in [0.25, 0.3) is 0 Å². The summed E-state index contributed by atoms with van der Waals surface area (Å²) in [6.07, 6.45) is 0.870. The van der Waals surface area contributed by atoms with Gasteiger partial charge in [0.25, 0.3) is 0 Å². The summed E-state index contributed by atoms with van der Waals surface area (Å²) in [6, 6.07) is 10.1. The zero-order chi connectivity index (χ0) is 14.7. The van der Waals surface area contributed by atoms with Crippen LogP contribution in [0.5, 0.6) is 11.5 Å². The molecule has 0 aliphatic heterocycles. The Kier molecular flexibility index (Phi) is 5.24. The van der Waals surface area contributed by atoms with Gasteiger partial charge in [0.05, 0.1) is 4.47 Å². The first-order valence-corrected chi connectivity index (χ1v) is 8.03. The Morgan fingerprint density at radius 2 is 1.70 bits per heavy atom. The monoisotopic (exact) mass is 397 g/mol. The predicted molar refractivity (Wildman–Crippen MR) is 90.6 cm³/mol. The SMILES string of the molecule is Cc1cc(Oc2ccc(CCN)cc2Br)cc(C)c1Br. The Morgan fingerprint density at radius 1 is 1.05 bits per heavy atom. The van der Waals surface area contributed by atoms with Gasteiger partial charge in [-0.05, 0) is 83.7 Å². The number of benzene rings is 2. The van der Waals surface area contributed by atoms with Gasteiger partial charge in [0, 0.05) is 4.47 Å². The fraction of sp³-hybridized carbons (Fsp3) is 0.250. The molecule has 4 heteroatoms. The summed E-state index contributed by atoms with van der Waals surface area (Å²) in [5.74, 6) is 1.65. The van der Waals surface area contributed by atoms with Gasteiger partial charge < -0.3 is 10.5 Å². The molecule has 0 aliphatic rings. The van der Waals surface area contributed by atoms with Crippen molar-refractivity contribution >= 4 is 31.9 Å². The molecule has 0 aromatic heterocycles. The Morgan fingerprint density at radius 3 is 2.25 bits per heavy atom. The van der Waals surface area contributed by atoms with Gasteiger partial charge in [-0.2, -0.15) is 0 Å². The summed E-state index contributed by atoms with van der Waals surface area (Å²) in [4.78, 5) is 0. The molecule has 106 valence electrons. The van der Waals surface area contributed by atoms with Gasteiger partial charge in [0.2, 0.25) is 0 Å². The van der Waals surface area contributed by atoms with E-state index in [9.17, 15) is 0 Å². The van der Waals surface area contributed by atoms with Gasteiger partial charge in [-0.1, -0.05) is 22.0 Å². The number of nitrogens with two attached hydrogens (primary N) is 1. The first-order valence-electron chi connectivity index (χ1n) is 6.44. The zero-order valence-electron chi connectivity index (χ0n) is 11.5. The van der Waals surface area contributed by atoms with Gasteiger partial charge >= 0.3 is 0 Å². The number of ether oxygens (including phenoxy) is 1. The second-order valence-electron chi connectivity index (χ2n) is 4.78. The van der Waals surface area contributed by atoms with Crippen LogP contribution in [-0.4, -0.2) is 6.54 Å². The molecule has 0 heterocycles. The summed E-state index contributed by atoms with van der Waals surface area (Å²) in [5.41, 5.74) is 9.10. The minimum atomic E-state index is 0.651. The maximum atomic E-state index is 5.96. The van der Waals surface area contributed by atoms with Gasteiger partial charge in [0.1, 0.15) is 11.5 Å². The van der Waals surface area contributed by atoms with Crippen LogP contribution in [-0.2, 0) is 6.42 Å². The van der Waals surface area contributed by atoms with E-state index in [1.54, 1.807) is 0 Å². The van der Waals surface area contributed by atoms with Gasteiger partial charge in [-0.15, -0.1) is 0 Å². The van der Waals surface area contributed by atoms with Gasteiger partial charge in [-0.25, -0.2) is 0 Å². The molecule has 0 saturated carbocycles. The van der Waals surface area contributed by atoms with Crippen molar-refractivity contribution in [3.63, 3.8) is 0 Å². The molecule has 0 fully saturated rings. The van der Waals surface area contributed by atoms with Crippen molar-refractivity contribution in [1.29, 1.82) is 0 Å². The topological polar surface area (TPSA) is 35.2 Å². The molecule has 2 rings (SSSR count). The average molecular weight is 399 g/mol. The molecule has 20 heavy (non-hydrogen) atoms. The number of rotatable bonds is 4. The molecule has 2 aromatic rings. The highest BCUT2D eigenvalue weighted by atomic mass is 79.9. The number of halogens is 2. The van der Waals surface area contributed by atoms with Crippen LogP contribution in [0, 0.1) is 13.8 Å². The largest absolute Gasteiger partial charge is 0.456 e. The fourth-order valence-corrected chi connectivity index (χ4v) is 2.78. The molecule has 2 aromatic carbocycles. The summed E-state index contributed by atoms with van der Waals surface area (Å²) >= 11 is 7.11. The third-order valence-electron chi connectivity index (χ3n) is 3.07. The van der Waals surface area contributed by atoms with E-state index in [1.807, 2.05) is 24.3 Å². The number of hydrogen-bond acceptors (Lipinski definition) is 2. The molecule has 0 radical (unpaired) electrons. The van der Waals surface area contributed by atoms with Gasteiger partial charge in [0.15, 0.2) is 0 Å². The minimum absolute atomic E-state index is 0.651. The minimum Gasteiger partial charge on any atom is -0.456 e. The lowest BCUT2D eigenvalue weighted by Crippen LogP contribution is -2.02. The first-order chi connectivity index (χ1) is 9.51. The second kappa shape index (κ2) is 6.74. The summed E-state index contributed by atoms with van der Waals surface area (Å²) in [6.45, 7) is 4.77. The van der Waals surface area contributed by atoms with Crippen molar-refractivity contribution < 1.29 is 4.74 Å². The summed E-state index contributed by atoms with van der Waals surface area (Å²) in [5, 5.41) is 0. The maximum absolute atomic E-state index is 5.96. The molecule has 0 spiro atoms. The predicted octanol–water partition coefficient (Wildman–Crippen LogP) is 5.12. The fourth-order valence-electron chi connectivity index (χ4n) is 2.04. The second-order valence-corrected chi connectivity index (χ2v) is 6.42. The van der Waals surface area contributed by atoms with Crippen molar-refractivity contribution in [2.45, 2.75) is 20.3 Å². The molecule has 0 saturated heterocycles. The molecular formula is C16H17Br2NO. The maximum Gasteiger partial charge on any atom is 0.141 e.